The second-order valence-corrected chi connectivity index (χ2v) is 7.12. The summed E-state index contributed by atoms with van der Waals surface area (Å²) >= 11 is 0. The Morgan fingerprint density at radius 2 is 1.81 bits per heavy atom. The van der Waals surface area contributed by atoms with Crippen molar-refractivity contribution in [3.05, 3.63) is 59.4 Å². The van der Waals surface area contributed by atoms with Crippen molar-refractivity contribution < 1.29 is 32.2 Å². The van der Waals surface area contributed by atoms with Gasteiger partial charge in [-0.3, -0.25) is 9.59 Å². The molecule has 0 unspecified atom stereocenters. The molecule has 2 amide bonds. The molecule has 170 valence electrons. The SMILES string of the molecule is CCCN(CC(=O)Nc1ccc(F)c(F)c1F)C(=O)/C=C/c1ccc2c(c1)OCCCO2. The average Bonchev–Trinajstić information content (AvgIpc) is 3.02. The van der Waals surface area contributed by atoms with Crippen molar-refractivity contribution in [2.45, 2.75) is 19.8 Å². The van der Waals surface area contributed by atoms with Gasteiger partial charge in [0.1, 0.15) is 6.54 Å². The number of hydrogen-bond donors (Lipinski definition) is 1. The highest BCUT2D eigenvalue weighted by Crippen LogP contribution is 2.30. The van der Waals surface area contributed by atoms with E-state index in [4.69, 9.17) is 9.47 Å². The van der Waals surface area contributed by atoms with Crippen LogP contribution in [0.4, 0.5) is 18.9 Å². The number of rotatable bonds is 7. The minimum Gasteiger partial charge on any atom is -0.490 e. The normalized spacial score (nSPS) is 13.0. The van der Waals surface area contributed by atoms with Crippen LogP contribution in [0.3, 0.4) is 0 Å². The summed E-state index contributed by atoms with van der Waals surface area (Å²) in [5, 5.41) is 2.17. The molecule has 0 fully saturated rings. The van der Waals surface area contributed by atoms with Crippen molar-refractivity contribution in [1.82, 2.24) is 4.90 Å². The number of anilines is 1. The molecule has 6 nitrogen and oxygen atoms in total. The van der Waals surface area contributed by atoms with Gasteiger partial charge in [-0.15, -0.1) is 0 Å². The van der Waals surface area contributed by atoms with E-state index in [-0.39, 0.29) is 13.1 Å². The molecule has 0 saturated carbocycles. The summed E-state index contributed by atoms with van der Waals surface area (Å²) in [6.45, 7) is 2.84. The Bertz CT molecular complexity index is 1030. The van der Waals surface area contributed by atoms with Crippen molar-refractivity contribution in [1.29, 1.82) is 0 Å². The number of amides is 2. The number of carbonyl (C=O) groups excluding carboxylic acids is 2. The molecule has 1 aliphatic heterocycles. The molecule has 2 aromatic rings. The maximum absolute atomic E-state index is 13.8. The number of benzene rings is 2. The number of ether oxygens (including phenoxy) is 2. The van der Waals surface area contributed by atoms with Gasteiger partial charge in [-0.05, 0) is 42.3 Å². The van der Waals surface area contributed by atoms with E-state index in [1.54, 1.807) is 24.3 Å². The van der Waals surface area contributed by atoms with E-state index >= 15 is 0 Å². The van der Waals surface area contributed by atoms with Gasteiger partial charge in [0.05, 0.1) is 18.9 Å². The van der Waals surface area contributed by atoms with Gasteiger partial charge < -0.3 is 19.7 Å². The zero-order valence-corrected chi connectivity index (χ0v) is 17.5. The molecule has 1 heterocycles. The first-order valence-electron chi connectivity index (χ1n) is 10.2. The first-order valence-corrected chi connectivity index (χ1v) is 10.2. The van der Waals surface area contributed by atoms with Crippen molar-refractivity contribution in [2.24, 2.45) is 0 Å². The first-order chi connectivity index (χ1) is 15.4. The Hall–Kier alpha value is -3.49. The number of nitrogens with zero attached hydrogens (tertiary/aromatic N) is 1. The van der Waals surface area contributed by atoms with Gasteiger partial charge in [-0.2, -0.15) is 0 Å². The zero-order chi connectivity index (χ0) is 23.1. The highest BCUT2D eigenvalue weighted by Gasteiger charge is 2.18. The summed E-state index contributed by atoms with van der Waals surface area (Å²) in [6.07, 6.45) is 4.27. The fourth-order valence-electron chi connectivity index (χ4n) is 3.08. The van der Waals surface area contributed by atoms with Crippen molar-refractivity contribution in [2.75, 3.05) is 31.6 Å². The molecule has 32 heavy (non-hydrogen) atoms. The van der Waals surface area contributed by atoms with Crippen LogP contribution in [-0.2, 0) is 9.59 Å². The summed E-state index contributed by atoms with van der Waals surface area (Å²) in [4.78, 5) is 26.2. The summed E-state index contributed by atoms with van der Waals surface area (Å²) in [7, 11) is 0. The standard InChI is InChI=1S/C23H23F3N2O4/c1-2-10-28(14-20(29)27-17-7-6-16(24)22(25)23(17)26)21(30)9-5-15-4-8-18-19(13-15)32-12-3-11-31-18/h4-9,13H,2-3,10-12,14H2,1H3,(H,27,29)/b9-5+. The van der Waals surface area contributed by atoms with E-state index in [2.05, 4.69) is 5.32 Å². The van der Waals surface area contributed by atoms with Crippen LogP contribution in [0.5, 0.6) is 11.5 Å². The molecule has 0 radical (unpaired) electrons. The van der Waals surface area contributed by atoms with Gasteiger partial charge >= 0.3 is 0 Å². The van der Waals surface area contributed by atoms with Crippen molar-refractivity contribution in [3.63, 3.8) is 0 Å². The number of hydrogen-bond acceptors (Lipinski definition) is 4. The third-order valence-corrected chi connectivity index (χ3v) is 4.64. The molecular weight excluding hydrogens is 425 g/mol. The number of fused-ring (bicyclic) bond motifs is 1. The Kier molecular flexibility index (Phi) is 7.75. The van der Waals surface area contributed by atoms with Crippen LogP contribution in [0.2, 0.25) is 0 Å². The first kappa shape index (κ1) is 23.2. The lowest BCUT2D eigenvalue weighted by atomic mass is 10.2. The van der Waals surface area contributed by atoms with E-state index in [1.165, 1.54) is 11.0 Å². The van der Waals surface area contributed by atoms with Gasteiger partial charge in [0.25, 0.3) is 0 Å². The zero-order valence-electron chi connectivity index (χ0n) is 17.5. The molecule has 0 aromatic heterocycles. The van der Waals surface area contributed by atoms with Crippen LogP contribution < -0.4 is 14.8 Å². The van der Waals surface area contributed by atoms with E-state index in [9.17, 15) is 22.8 Å². The van der Waals surface area contributed by atoms with E-state index in [0.717, 1.165) is 12.5 Å². The Balaban J connectivity index is 1.66. The van der Waals surface area contributed by atoms with E-state index in [0.29, 0.717) is 42.8 Å². The van der Waals surface area contributed by atoms with E-state index in [1.807, 2.05) is 6.92 Å². The highest BCUT2D eigenvalue weighted by molar-refractivity contribution is 5.98. The fraction of sp³-hybridized carbons (Fsp3) is 0.304. The topological polar surface area (TPSA) is 67.9 Å². The lowest BCUT2D eigenvalue weighted by molar-refractivity contribution is -0.130. The van der Waals surface area contributed by atoms with E-state index < -0.39 is 35.0 Å². The Morgan fingerprint density at radius 1 is 1.06 bits per heavy atom. The van der Waals surface area contributed by atoms with Crippen LogP contribution in [-0.4, -0.2) is 43.0 Å². The minimum absolute atomic E-state index is 0.276. The van der Waals surface area contributed by atoms with Crippen LogP contribution in [0.1, 0.15) is 25.3 Å². The number of carbonyl (C=O) groups is 2. The monoisotopic (exact) mass is 448 g/mol. The van der Waals surface area contributed by atoms with Gasteiger partial charge in [0.15, 0.2) is 29.0 Å². The summed E-state index contributed by atoms with van der Waals surface area (Å²) in [5.41, 5.74) is 0.216. The molecule has 9 heteroatoms. The molecule has 1 N–H and O–H groups in total. The van der Waals surface area contributed by atoms with Crippen molar-refractivity contribution in [3.8, 4) is 11.5 Å². The van der Waals surface area contributed by atoms with Crippen LogP contribution in [0.15, 0.2) is 36.4 Å². The molecule has 0 spiro atoms. The molecule has 0 aliphatic carbocycles. The molecule has 1 aliphatic rings. The van der Waals surface area contributed by atoms with Crippen molar-refractivity contribution >= 4 is 23.6 Å². The van der Waals surface area contributed by atoms with Gasteiger partial charge in [0, 0.05) is 19.0 Å². The molecule has 3 rings (SSSR count). The molecule has 2 aromatic carbocycles. The predicted octanol–water partition coefficient (Wildman–Crippen LogP) is 4.16. The average molecular weight is 448 g/mol. The van der Waals surface area contributed by atoms with Gasteiger partial charge in [0.2, 0.25) is 11.8 Å². The Labute approximate surface area is 183 Å². The van der Waals surface area contributed by atoms with Gasteiger partial charge in [-0.1, -0.05) is 13.0 Å². The lowest BCUT2D eigenvalue weighted by Crippen LogP contribution is -2.37. The quantitative estimate of drug-likeness (QED) is 0.510. The molecule has 0 bridgehead atoms. The maximum Gasteiger partial charge on any atom is 0.247 e. The predicted molar refractivity (Wildman–Crippen MR) is 113 cm³/mol. The third-order valence-electron chi connectivity index (χ3n) is 4.64. The second-order valence-electron chi connectivity index (χ2n) is 7.12. The summed E-state index contributed by atoms with van der Waals surface area (Å²) in [5.74, 6) is -4.47. The van der Waals surface area contributed by atoms with Gasteiger partial charge in [-0.25, -0.2) is 13.2 Å². The third kappa shape index (κ3) is 5.81. The Morgan fingerprint density at radius 3 is 2.56 bits per heavy atom. The fourth-order valence-corrected chi connectivity index (χ4v) is 3.08. The summed E-state index contributed by atoms with van der Waals surface area (Å²) < 4.78 is 51.4. The van der Waals surface area contributed by atoms with Crippen LogP contribution in [0, 0.1) is 17.5 Å². The van der Waals surface area contributed by atoms with Crippen LogP contribution >= 0.6 is 0 Å². The van der Waals surface area contributed by atoms with Crippen LogP contribution in [0.25, 0.3) is 6.08 Å². The number of halogens is 3. The largest absolute Gasteiger partial charge is 0.490 e. The summed E-state index contributed by atoms with van der Waals surface area (Å²) in [6, 6.07) is 6.92. The lowest BCUT2D eigenvalue weighted by Gasteiger charge is -2.20. The molecule has 0 saturated heterocycles. The second kappa shape index (κ2) is 10.7. The highest BCUT2D eigenvalue weighted by atomic mass is 19.2. The maximum atomic E-state index is 13.8. The minimum atomic E-state index is -1.68. The smallest absolute Gasteiger partial charge is 0.247 e. The molecule has 0 atom stereocenters. The molecular formula is C23H23F3N2O4. The number of nitrogens with one attached hydrogen (secondary N) is 1.